The monoisotopic (exact) mass is 338 g/mol. The summed E-state index contributed by atoms with van der Waals surface area (Å²) >= 11 is 3.82. The Morgan fingerprint density at radius 3 is 2.25 bits per heavy atom. The van der Waals surface area contributed by atoms with Crippen LogP contribution in [0.5, 0.6) is 5.75 Å². The van der Waals surface area contributed by atoms with Crippen LogP contribution in [0.25, 0.3) is 0 Å². The third-order valence-corrected chi connectivity index (χ3v) is 6.63. The molecule has 1 saturated carbocycles. The van der Waals surface area contributed by atoms with E-state index >= 15 is 0 Å². The molecule has 20 heavy (non-hydrogen) atoms. The van der Waals surface area contributed by atoms with Crippen molar-refractivity contribution in [2.24, 2.45) is 5.41 Å². The van der Waals surface area contributed by atoms with Gasteiger partial charge in [0.05, 0.1) is 0 Å². The molecule has 0 aromatic heterocycles. The van der Waals surface area contributed by atoms with Crippen molar-refractivity contribution in [1.29, 1.82) is 0 Å². The molecule has 0 spiro atoms. The molecular formula is C18H27BrO. The Labute approximate surface area is 132 Å². The molecule has 0 radical (unpaired) electrons. The summed E-state index contributed by atoms with van der Waals surface area (Å²) in [6.45, 7) is 9.06. The topological polar surface area (TPSA) is 9.23 Å². The molecule has 2 rings (SSSR count). The SMILES string of the molecule is CCC(C)c1ccc(OC2CC(Br)C2(CC)CC)cc1. The predicted molar refractivity (Wildman–Crippen MR) is 89.9 cm³/mol. The standard InChI is InChI=1S/C18H27BrO/c1-5-13(4)14-8-10-15(11-9-14)20-17-12-16(19)18(17,6-2)7-3/h8-11,13,16-17H,5-7,12H2,1-4H3. The van der Waals surface area contributed by atoms with E-state index in [2.05, 4.69) is 67.9 Å². The summed E-state index contributed by atoms with van der Waals surface area (Å²) in [6, 6.07) is 8.71. The molecule has 3 unspecified atom stereocenters. The minimum Gasteiger partial charge on any atom is -0.490 e. The Kier molecular flexibility index (Phi) is 5.17. The maximum Gasteiger partial charge on any atom is 0.119 e. The zero-order valence-electron chi connectivity index (χ0n) is 13.2. The number of hydrogen-bond acceptors (Lipinski definition) is 1. The molecule has 0 heterocycles. The molecule has 1 fully saturated rings. The number of benzene rings is 1. The second-order valence-electron chi connectivity index (χ2n) is 6.13. The zero-order chi connectivity index (χ0) is 14.8. The highest BCUT2D eigenvalue weighted by Crippen LogP contribution is 2.52. The van der Waals surface area contributed by atoms with Crippen molar-refractivity contribution < 1.29 is 4.74 Å². The van der Waals surface area contributed by atoms with Crippen LogP contribution in [0.2, 0.25) is 0 Å². The summed E-state index contributed by atoms with van der Waals surface area (Å²) in [5.41, 5.74) is 1.72. The first-order valence-electron chi connectivity index (χ1n) is 7.98. The maximum atomic E-state index is 6.26. The quantitative estimate of drug-likeness (QED) is 0.585. The Balaban J connectivity index is 2.04. The van der Waals surface area contributed by atoms with Crippen molar-refractivity contribution in [3.8, 4) is 5.75 Å². The van der Waals surface area contributed by atoms with Crippen molar-refractivity contribution in [2.45, 2.75) is 70.2 Å². The summed E-state index contributed by atoms with van der Waals surface area (Å²) in [5.74, 6) is 1.65. The fourth-order valence-electron chi connectivity index (χ4n) is 3.29. The molecule has 1 aliphatic rings. The summed E-state index contributed by atoms with van der Waals surface area (Å²) in [7, 11) is 0. The number of alkyl halides is 1. The van der Waals surface area contributed by atoms with E-state index < -0.39 is 0 Å². The molecule has 0 amide bonds. The highest BCUT2D eigenvalue weighted by atomic mass is 79.9. The van der Waals surface area contributed by atoms with Crippen molar-refractivity contribution in [1.82, 2.24) is 0 Å². The zero-order valence-corrected chi connectivity index (χ0v) is 14.7. The van der Waals surface area contributed by atoms with Crippen LogP contribution in [-0.4, -0.2) is 10.9 Å². The van der Waals surface area contributed by atoms with Crippen molar-refractivity contribution in [3.05, 3.63) is 29.8 Å². The van der Waals surface area contributed by atoms with Crippen molar-refractivity contribution in [2.75, 3.05) is 0 Å². The van der Waals surface area contributed by atoms with E-state index in [1.807, 2.05) is 0 Å². The van der Waals surface area contributed by atoms with Crippen LogP contribution in [0.15, 0.2) is 24.3 Å². The van der Waals surface area contributed by atoms with Gasteiger partial charge in [0.1, 0.15) is 11.9 Å². The molecular weight excluding hydrogens is 312 g/mol. The molecule has 0 aliphatic heterocycles. The van der Waals surface area contributed by atoms with E-state index in [1.54, 1.807) is 0 Å². The highest BCUT2D eigenvalue weighted by molar-refractivity contribution is 9.09. The van der Waals surface area contributed by atoms with E-state index in [1.165, 1.54) is 24.8 Å². The average molecular weight is 339 g/mol. The molecule has 1 aliphatic carbocycles. The molecule has 2 heteroatoms. The van der Waals surface area contributed by atoms with Gasteiger partial charge in [-0.05, 0) is 49.3 Å². The lowest BCUT2D eigenvalue weighted by molar-refractivity contribution is -0.0411. The molecule has 0 saturated heterocycles. The van der Waals surface area contributed by atoms with Crippen LogP contribution in [0.1, 0.15) is 64.9 Å². The predicted octanol–water partition coefficient (Wildman–Crippen LogP) is 5.92. The van der Waals surface area contributed by atoms with E-state index in [9.17, 15) is 0 Å². The van der Waals surface area contributed by atoms with Crippen LogP contribution in [0.3, 0.4) is 0 Å². The summed E-state index contributed by atoms with van der Waals surface area (Å²) in [5, 5.41) is 0. The Hall–Kier alpha value is -0.500. The third-order valence-electron chi connectivity index (χ3n) is 5.34. The van der Waals surface area contributed by atoms with Crippen LogP contribution in [-0.2, 0) is 0 Å². The molecule has 0 N–H and O–H groups in total. The van der Waals surface area contributed by atoms with Crippen LogP contribution in [0.4, 0.5) is 0 Å². The minimum absolute atomic E-state index is 0.315. The van der Waals surface area contributed by atoms with Crippen molar-refractivity contribution in [3.63, 3.8) is 0 Å². The second kappa shape index (κ2) is 6.51. The Morgan fingerprint density at radius 2 is 1.80 bits per heavy atom. The smallest absolute Gasteiger partial charge is 0.119 e. The van der Waals surface area contributed by atoms with E-state index in [0.29, 0.717) is 22.3 Å². The lowest BCUT2D eigenvalue weighted by Gasteiger charge is -2.52. The van der Waals surface area contributed by atoms with E-state index in [0.717, 1.165) is 12.2 Å². The van der Waals surface area contributed by atoms with Crippen LogP contribution >= 0.6 is 15.9 Å². The fourth-order valence-corrected chi connectivity index (χ4v) is 4.57. The Bertz CT molecular complexity index is 422. The van der Waals surface area contributed by atoms with Gasteiger partial charge in [-0.25, -0.2) is 0 Å². The normalized spacial score (nSPS) is 25.9. The molecule has 1 nitrogen and oxygen atoms in total. The van der Waals surface area contributed by atoms with Gasteiger partial charge in [-0.15, -0.1) is 0 Å². The van der Waals surface area contributed by atoms with Crippen LogP contribution < -0.4 is 4.74 Å². The van der Waals surface area contributed by atoms with Gasteiger partial charge in [0, 0.05) is 10.2 Å². The molecule has 0 bridgehead atoms. The van der Waals surface area contributed by atoms with Gasteiger partial charge in [0.25, 0.3) is 0 Å². The van der Waals surface area contributed by atoms with E-state index in [-0.39, 0.29) is 0 Å². The van der Waals surface area contributed by atoms with E-state index in [4.69, 9.17) is 4.74 Å². The summed E-state index contributed by atoms with van der Waals surface area (Å²) < 4.78 is 6.26. The summed E-state index contributed by atoms with van der Waals surface area (Å²) in [4.78, 5) is 0.606. The van der Waals surface area contributed by atoms with Crippen molar-refractivity contribution >= 4 is 15.9 Å². The lowest BCUT2D eigenvalue weighted by atomic mass is 9.62. The van der Waals surface area contributed by atoms with Gasteiger partial charge in [-0.2, -0.15) is 0 Å². The highest BCUT2D eigenvalue weighted by Gasteiger charge is 2.53. The number of ether oxygens (including phenoxy) is 1. The molecule has 112 valence electrons. The number of hydrogen-bond donors (Lipinski definition) is 0. The van der Waals surface area contributed by atoms with Gasteiger partial charge < -0.3 is 4.74 Å². The average Bonchev–Trinajstić information content (AvgIpc) is 2.48. The van der Waals surface area contributed by atoms with Gasteiger partial charge in [-0.1, -0.05) is 55.8 Å². The Morgan fingerprint density at radius 1 is 1.20 bits per heavy atom. The molecule has 3 atom stereocenters. The second-order valence-corrected chi connectivity index (χ2v) is 7.23. The van der Waals surface area contributed by atoms with Gasteiger partial charge in [-0.3, -0.25) is 0 Å². The molecule has 1 aromatic carbocycles. The maximum absolute atomic E-state index is 6.26. The lowest BCUT2D eigenvalue weighted by Crippen LogP contribution is -2.56. The first-order valence-corrected chi connectivity index (χ1v) is 8.89. The molecule has 1 aromatic rings. The number of rotatable bonds is 6. The first kappa shape index (κ1) is 15.9. The van der Waals surface area contributed by atoms with Gasteiger partial charge in [0.15, 0.2) is 0 Å². The van der Waals surface area contributed by atoms with Gasteiger partial charge in [0.2, 0.25) is 0 Å². The minimum atomic E-state index is 0.315. The van der Waals surface area contributed by atoms with Gasteiger partial charge >= 0.3 is 0 Å². The fraction of sp³-hybridized carbons (Fsp3) is 0.667. The largest absolute Gasteiger partial charge is 0.490 e. The van der Waals surface area contributed by atoms with Crippen LogP contribution in [0, 0.1) is 5.41 Å². The first-order chi connectivity index (χ1) is 9.57. The number of halogens is 1. The summed E-state index contributed by atoms with van der Waals surface area (Å²) in [6.07, 6.45) is 5.01. The third kappa shape index (κ3) is 2.77.